The van der Waals surface area contributed by atoms with Crippen molar-refractivity contribution >= 4 is 5.97 Å². The molecule has 1 aliphatic carbocycles. The van der Waals surface area contributed by atoms with E-state index in [9.17, 15) is 18.7 Å². The van der Waals surface area contributed by atoms with Gasteiger partial charge < -0.3 is 14.7 Å². The van der Waals surface area contributed by atoms with E-state index in [0.717, 1.165) is 61.2 Å². The average Bonchev–Trinajstić information content (AvgIpc) is 2.99. The quantitative estimate of drug-likeness (QED) is 0.195. The van der Waals surface area contributed by atoms with Gasteiger partial charge in [-0.3, -0.25) is 14.8 Å². The van der Waals surface area contributed by atoms with Crippen LogP contribution in [0.2, 0.25) is 0 Å². The summed E-state index contributed by atoms with van der Waals surface area (Å²) in [5.41, 5.74) is 6.55. The van der Waals surface area contributed by atoms with E-state index in [1.54, 1.807) is 6.20 Å². The normalized spacial score (nSPS) is 13.9. The fourth-order valence-electron chi connectivity index (χ4n) is 5.41. The van der Waals surface area contributed by atoms with Crippen LogP contribution in [0.3, 0.4) is 0 Å². The molecule has 1 aromatic carbocycles. The maximum atomic E-state index is 12.5. The van der Waals surface area contributed by atoms with Gasteiger partial charge in [-0.15, -0.1) is 0 Å². The lowest BCUT2D eigenvalue weighted by Crippen LogP contribution is -2.33. The Morgan fingerprint density at radius 1 is 0.951 bits per heavy atom. The van der Waals surface area contributed by atoms with Crippen molar-refractivity contribution in [3.8, 4) is 11.1 Å². The van der Waals surface area contributed by atoms with Crippen LogP contribution in [-0.4, -0.2) is 65.2 Å². The van der Waals surface area contributed by atoms with Gasteiger partial charge in [0.2, 0.25) is 0 Å². The molecular weight excluding hydrogens is 524 g/mol. The highest BCUT2D eigenvalue weighted by Gasteiger charge is 2.21. The fourth-order valence-corrected chi connectivity index (χ4v) is 5.41. The number of benzene rings is 1. The first kappa shape index (κ1) is 30.7. The van der Waals surface area contributed by atoms with Gasteiger partial charge in [0.25, 0.3) is 6.43 Å². The van der Waals surface area contributed by atoms with E-state index in [-0.39, 0.29) is 6.61 Å². The summed E-state index contributed by atoms with van der Waals surface area (Å²) in [6, 6.07) is 18.2. The second-order valence-corrected chi connectivity index (χ2v) is 10.8. The number of rotatable bonds is 17. The van der Waals surface area contributed by atoms with E-state index in [1.807, 2.05) is 42.5 Å². The van der Waals surface area contributed by atoms with Crippen LogP contribution >= 0.6 is 0 Å². The Kier molecular flexibility index (Phi) is 12.2. The predicted octanol–water partition coefficient (Wildman–Crippen LogP) is 6.26. The SMILES string of the molecule is O=C(O)[C@H](CCN(CCCCc1ccc2c(n1)CCCC2)CCOCC(F)F)Cc1cc(-c2ccccc2)ccn1. The molecule has 2 aromatic heterocycles. The zero-order chi connectivity index (χ0) is 28.9. The van der Waals surface area contributed by atoms with Gasteiger partial charge in [0.1, 0.15) is 6.61 Å². The number of fused-ring (bicyclic) bond motifs is 1. The molecule has 0 spiro atoms. The van der Waals surface area contributed by atoms with Crippen molar-refractivity contribution in [1.82, 2.24) is 14.9 Å². The number of pyridine rings is 2. The second-order valence-electron chi connectivity index (χ2n) is 10.8. The minimum atomic E-state index is -2.50. The average molecular weight is 566 g/mol. The second kappa shape index (κ2) is 16.3. The Morgan fingerprint density at radius 3 is 2.59 bits per heavy atom. The summed E-state index contributed by atoms with van der Waals surface area (Å²) in [5.74, 6) is -1.46. The fraction of sp³-hybridized carbons (Fsp3) is 0.485. The van der Waals surface area contributed by atoms with Crippen molar-refractivity contribution in [2.45, 2.75) is 64.2 Å². The lowest BCUT2D eigenvalue weighted by atomic mass is 9.95. The molecule has 0 amide bonds. The molecule has 8 heteroatoms. The zero-order valence-corrected chi connectivity index (χ0v) is 23.7. The molecule has 220 valence electrons. The zero-order valence-electron chi connectivity index (χ0n) is 23.7. The molecule has 0 radical (unpaired) electrons. The lowest BCUT2D eigenvalue weighted by molar-refractivity contribution is -0.142. The first-order valence-corrected chi connectivity index (χ1v) is 14.8. The van der Waals surface area contributed by atoms with Crippen molar-refractivity contribution in [2.24, 2.45) is 5.92 Å². The number of hydrogen-bond donors (Lipinski definition) is 1. The molecule has 1 N–H and O–H groups in total. The number of hydrogen-bond acceptors (Lipinski definition) is 5. The topological polar surface area (TPSA) is 75.5 Å². The van der Waals surface area contributed by atoms with E-state index in [4.69, 9.17) is 9.72 Å². The molecule has 1 aliphatic rings. The number of nitrogens with zero attached hydrogens (tertiary/aromatic N) is 3. The summed E-state index contributed by atoms with van der Waals surface area (Å²) < 4.78 is 30.2. The van der Waals surface area contributed by atoms with Gasteiger partial charge in [-0.1, -0.05) is 36.4 Å². The monoisotopic (exact) mass is 565 g/mol. The number of aliphatic carboxylic acids is 1. The van der Waals surface area contributed by atoms with Crippen molar-refractivity contribution in [3.05, 3.63) is 83.4 Å². The summed E-state index contributed by atoms with van der Waals surface area (Å²) in [4.78, 5) is 23.6. The number of aromatic nitrogens is 2. The first-order valence-electron chi connectivity index (χ1n) is 14.8. The standard InChI is InChI=1S/C33H41F2N3O3/c34-32(35)24-41-21-20-38(18-7-6-11-29-14-13-26-10-4-5-12-31(26)37-29)19-16-28(33(39)40)23-30-22-27(15-17-36-30)25-8-2-1-3-9-25/h1-3,8-9,13-15,17,22,28,32H,4-7,10-12,16,18-21,23-24H2,(H,39,40)/t28-/m1/s1. The first-order chi connectivity index (χ1) is 20.0. The van der Waals surface area contributed by atoms with Crippen molar-refractivity contribution in [2.75, 3.05) is 32.8 Å². The summed E-state index contributed by atoms with van der Waals surface area (Å²) in [5, 5.41) is 9.97. The third-order valence-electron chi connectivity index (χ3n) is 7.71. The Morgan fingerprint density at radius 2 is 1.78 bits per heavy atom. The Labute approximate surface area is 241 Å². The van der Waals surface area contributed by atoms with E-state index < -0.39 is 24.9 Å². The number of carboxylic acids is 1. The Balaban J connectivity index is 1.30. The molecule has 0 fully saturated rings. The number of aryl methyl sites for hydroxylation is 3. The largest absolute Gasteiger partial charge is 0.481 e. The van der Waals surface area contributed by atoms with Crippen molar-refractivity contribution in [3.63, 3.8) is 0 Å². The molecule has 4 rings (SSSR count). The van der Waals surface area contributed by atoms with Crippen molar-refractivity contribution in [1.29, 1.82) is 0 Å². The molecule has 0 unspecified atom stereocenters. The number of unbranched alkanes of at least 4 members (excludes halogenated alkanes) is 1. The highest BCUT2D eigenvalue weighted by molar-refractivity contribution is 5.70. The summed E-state index contributed by atoms with van der Waals surface area (Å²) in [7, 11) is 0. The van der Waals surface area contributed by atoms with Crippen LogP contribution < -0.4 is 0 Å². The molecule has 0 bridgehead atoms. The Bertz CT molecular complexity index is 1230. The van der Waals surface area contributed by atoms with Crippen LogP contribution in [0.4, 0.5) is 8.78 Å². The van der Waals surface area contributed by atoms with Crippen LogP contribution in [0.5, 0.6) is 0 Å². The number of carbonyl (C=O) groups is 1. The molecule has 2 heterocycles. The Hall–Kier alpha value is -3.23. The summed E-state index contributed by atoms with van der Waals surface area (Å²) in [6.45, 7) is 1.38. The lowest BCUT2D eigenvalue weighted by Gasteiger charge is -2.24. The van der Waals surface area contributed by atoms with Gasteiger partial charge in [0, 0.05) is 36.2 Å². The van der Waals surface area contributed by atoms with Crippen molar-refractivity contribution < 1.29 is 23.4 Å². The van der Waals surface area contributed by atoms with Crippen LogP contribution in [0.15, 0.2) is 60.8 Å². The molecule has 41 heavy (non-hydrogen) atoms. The molecule has 1 atom stereocenters. The number of halogens is 2. The molecule has 0 saturated carbocycles. The van der Waals surface area contributed by atoms with Gasteiger partial charge in [-0.05, 0) is 99.3 Å². The van der Waals surface area contributed by atoms with Gasteiger partial charge in [0.05, 0.1) is 12.5 Å². The van der Waals surface area contributed by atoms with E-state index in [1.165, 1.54) is 24.1 Å². The smallest absolute Gasteiger partial charge is 0.306 e. The molecule has 3 aromatic rings. The van der Waals surface area contributed by atoms with Gasteiger partial charge in [-0.25, -0.2) is 8.78 Å². The predicted molar refractivity (Wildman–Crippen MR) is 156 cm³/mol. The highest BCUT2D eigenvalue weighted by atomic mass is 19.3. The maximum absolute atomic E-state index is 12.5. The molecule has 6 nitrogen and oxygen atoms in total. The highest BCUT2D eigenvalue weighted by Crippen LogP contribution is 2.22. The summed E-state index contributed by atoms with van der Waals surface area (Å²) >= 11 is 0. The van der Waals surface area contributed by atoms with E-state index in [2.05, 4.69) is 22.0 Å². The third-order valence-corrected chi connectivity index (χ3v) is 7.71. The molecular formula is C33H41F2N3O3. The maximum Gasteiger partial charge on any atom is 0.306 e. The minimum Gasteiger partial charge on any atom is -0.481 e. The molecule has 0 saturated heterocycles. The van der Waals surface area contributed by atoms with E-state index >= 15 is 0 Å². The number of carboxylic acid groups (broad SMARTS) is 1. The number of ether oxygens (including phenoxy) is 1. The van der Waals surface area contributed by atoms with Crippen LogP contribution in [0.1, 0.15) is 54.7 Å². The van der Waals surface area contributed by atoms with Gasteiger partial charge in [0.15, 0.2) is 0 Å². The van der Waals surface area contributed by atoms with Crippen LogP contribution in [-0.2, 0) is 35.2 Å². The number of alkyl halides is 2. The summed E-state index contributed by atoms with van der Waals surface area (Å²) in [6.07, 6.45) is 7.38. The van der Waals surface area contributed by atoms with Crippen LogP contribution in [0.25, 0.3) is 11.1 Å². The van der Waals surface area contributed by atoms with Gasteiger partial charge >= 0.3 is 5.97 Å². The minimum absolute atomic E-state index is 0.190. The van der Waals surface area contributed by atoms with E-state index in [0.29, 0.717) is 25.9 Å². The van der Waals surface area contributed by atoms with Crippen LogP contribution in [0, 0.1) is 5.92 Å². The third kappa shape index (κ3) is 10.3. The molecule has 0 aliphatic heterocycles. The van der Waals surface area contributed by atoms with Gasteiger partial charge in [-0.2, -0.15) is 0 Å².